The molecule has 34 heavy (non-hydrogen) atoms. The van der Waals surface area contributed by atoms with Crippen LogP contribution in [0.1, 0.15) is 0 Å². The first-order valence-electron chi connectivity index (χ1n) is 10.5. The molecule has 170 valence electrons. The maximum Gasteiger partial charge on any atom is 0.238 e. The van der Waals surface area contributed by atoms with Crippen LogP contribution in [0.4, 0.5) is 0 Å². The van der Waals surface area contributed by atoms with Crippen molar-refractivity contribution in [3.05, 3.63) is 84.9 Å². The summed E-state index contributed by atoms with van der Waals surface area (Å²) in [7, 11) is -2.44. The fourth-order valence-electron chi connectivity index (χ4n) is 4.36. The van der Waals surface area contributed by atoms with Crippen molar-refractivity contribution in [3.63, 3.8) is 0 Å². The van der Waals surface area contributed by atoms with Gasteiger partial charge in [-0.15, -0.1) is 0 Å². The number of aromatic hydroxyl groups is 2. The number of nitrogens with two attached hydrogens (primary N) is 1. The van der Waals surface area contributed by atoms with Gasteiger partial charge in [0.05, 0.1) is 12.0 Å². The van der Waals surface area contributed by atoms with Gasteiger partial charge in [0.25, 0.3) is 0 Å². The smallest absolute Gasteiger partial charge is 0.238 e. The maximum atomic E-state index is 12.1. The highest BCUT2D eigenvalue weighted by atomic mass is 32.2. The molecule has 5 aromatic carbocycles. The van der Waals surface area contributed by atoms with Gasteiger partial charge in [-0.3, -0.25) is 0 Å². The van der Waals surface area contributed by atoms with Crippen LogP contribution < -0.4 is 9.88 Å². The lowest BCUT2D eigenvalue weighted by Crippen LogP contribution is -2.12. The number of rotatable bonds is 4. The molecule has 5 aromatic rings. The first kappa shape index (κ1) is 21.8. The number of methoxy groups -OCH3 is 1. The molecule has 0 aliphatic rings. The van der Waals surface area contributed by atoms with Crippen LogP contribution in [0.2, 0.25) is 0 Å². The summed E-state index contributed by atoms with van der Waals surface area (Å²) in [6, 6.07) is 24.3. The monoisotopic (exact) mass is 471 g/mol. The van der Waals surface area contributed by atoms with Gasteiger partial charge in [-0.2, -0.15) is 0 Å². The van der Waals surface area contributed by atoms with Crippen molar-refractivity contribution in [2.24, 2.45) is 5.14 Å². The standard InChI is InChI=1S/C27H21NO5S/c1-33-26-12-11-18(34(28,31)32)14-24(26)23-15-25(27(30)21-7-3-2-6-19(21)23)20-8-4-5-16-9-10-17(29)13-22(16)20/h2-15,29-30H,1H3,(H2,28,31,32). The normalized spacial score (nSPS) is 11.7. The summed E-state index contributed by atoms with van der Waals surface area (Å²) in [5, 5.41) is 29.8. The molecule has 0 radical (unpaired) electrons. The number of phenolic OH excluding ortho intramolecular Hbond substituents is 2. The quantitative estimate of drug-likeness (QED) is 0.325. The third-order valence-electron chi connectivity index (χ3n) is 5.96. The molecule has 0 unspecified atom stereocenters. The van der Waals surface area contributed by atoms with Gasteiger partial charge >= 0.3 is 0 Å². The predicted molar refractivity (Wildman–Crippen MR) is 134 cm³/mol. The SMILES string of the molecule is COc1ccc(S(N)(=O)=O)cc1-c1cc(-c2cccc3ccc(O)cc23)c(O)c2ccccc12. The van der Waals surface area contributed by atoms with Crippen LogP contribution in [0.15, 0.2) is 89.8 Å². The Hall–Kier alpha value is -4.07. The number of primary sulfonamides is 1. The minimum absolute atomic E-state index is 0.0444. The molecule has 7 heteroatoms. The Morgan fingerprint density at radius 3 is 2.21 bits per heavy atom. The second-order valence-corrected chi connectivity index (χ2v) is 9.55. The average Bonchev–Trinajstić information content (AvgIpc) is 2.83. The lowest BCUT2D eigenvalue weighted by Gasteiger charge is -2.17. The Morgan fingerprint density at radius 1 is 0.706 bits per heavy atom. The van der Waals surface area contributed by atoms with Gasteiger partial charge in [-0.05, 0) is 63.7 Å². The van der Waals surface area contributed by atoms with Crippen molar-refractivity contribution in [2.75, 3.05) is 7.11 Å². The van der Waals surface area contributed by atoms with E-state index >= 15 is 0 Å². The first-order chi connectivity index (χ1) is 16.3. The van der Waals surface area contributed by atoms with Crippen molar-refractivity contribution < 1.29 is 23.4 Å². The second-order valence-electron chi connectivity index (χ2n) is 7.98. The van der Waals surface area contributed by atoms with Crippen LogP contribution in [0, 0.1) is 0 Å². The van der Waals surface area contributed by atoms with Gasteiger partial charge in [0.15, 0.2) is 0 Å². The summed E-state index contributed by atoms with van der Waals surface area (Å²) in [6.45, 7) is 0. The van der Waals surface area contributed by atoms with Crippen LogP contribution >= 0.6 is 0 Å². The Kier molecular flexibility index (Phi) is 5.16. The van der Waals surface area contributed by atoms with Crippen LogP contribution in [0.25, 0.3) is 43.8 Å². The molecule has 4 N–H and O–H groups in total. The zero-order valence-corrected chi connectivity index (χ0v) is 19.0. The Labute approximate surface area is 196 Å². The first-order valence-corrected chi connectivity index (χ1v) is 12.0. The highest BCUT2D eigenvalue weighted by Gasteiger charge is 2.20. The molecule has 0 saturated heterocycles. The fraction of sp³-hybridized carbons (Fsp3) is 0.0370. The number of benzene rings is 5. The van der Waals surface area contributed by atoms with Gasteiger partial charge in [0.1, 0.15) is 17.2 Å². The van der Waals surface area contributed by atoms with Crippen molar-refractivity contribution in [1.29, 1.82) is 0 Å². The molecule has 0 amide bonds. The van der Waals surface area contributed by atoms with E-state index in [2.05, 4.69) is 0 Å². The lowest BCUT2D eigenvalue weighted by molar-refractivity contribution is 0.416. The third-order valence-corrected chi connectivity index (χ3v) is 6.87. The second kappa shape index (κ2) is 8.06. The van der Waals surface area contributed by atoms with Gasteiger partial charge in [0, 0.05) is 16.5 Å². The van der Waals surface area contributed by atoms with E-state index in [1.165, 1.54) is 19.2 Å². The average molecular weight is 472 g/mol. The van der Waals surface area contributed by atoms with E-state index in [0.717, 1.165) is 21.7 Å². The van der Waals surface area contributed by atoms with E-state index in [1.807, 2.05) is 42.5 Å². The van der Waals surface area contributed by atoms with Crippen LogP contribution in [-0.2, 0) is 10.0 Å². The van der Waals surface area contributed by atoms with Gasteiger partial charge in [-0.25, -0.2) is 13.6 Å². The highest BCUT2D eigenvalue weighted by Crippen LogP contribution is 2.46. The number of hydrogen-bond acceptors (Lipinski definition) is 5. The Bertz CT molecular complexity index is 1690. The molecule has 0 aliphatic carbocycles. The Balaban J connectivity index is 1.90. The van der Waals surface area contributed by atoms with Crippen molar-refractivity contribution in [1.82, 2.24) is 0 Å². The van der Waals surface area contributed by atoms with E-state index in [4.69, 9.17) is 9.88 Å². The Morgan fingerprint density at radius 2 is 1.47 bits per heavy atom. The van der Waals surface area contributed by atoms with Crippen molar-refractivity contribution in [3.8, 4) is 39.5 Å². The zero-order valence-electron chi connectivity index (χ0n) is 18.2. The van der Waals surface area contributed by atoms with E-state index < -0.39 is 10.0 Å². The molecule has 0 saturated carbocycles. The molecule has 0 aromatic heterocycles. The minimum Gasteiger partial charge on any atom is -0.508 e. The number of sulfonamides is 1. The van der Waals surface area contributed by atoms with Crippen LogP contribution in [0.5, 0.6) is 17.2 Å². The molecular weight excluding hydrogens is 450 g/mol. The molecule has 0 fully saturated rings. The van der Waals surface area contributed by atoms with Gasteiger partial charge < -0.3 is 14.9 Å². The molecule has 5 rings (SSSR count). The van der Waals surface area contributed by atoms with Crippen molar-refractivity contribution in [2.45, 2.75) is 4.90 Å². The summed E-state index contributed by atoms with van der Waals surface area (Å²) in [5.74, 6) is 0.657. The largest absolute Gasteiger partial charge is 0.508 e. The lowest BCUT2D eigenvalue weighted by atomic mass is 9.90. The number of phenols is 2. The molecule has 0 spiro atoms. The molecule has 6 nitrogen and oxygen atoms in total. The third kappa shape index (κ3) is 3.61. The fourth-order valence-corrected chi connectivity index (χ4v) is 4.90. The molecule has 0 aliphatic heterocycles. The topological polar surface area (TPSA) is 110 Å². The summed E-state index contributed by atoms with van der Waals surface area (Å²) < 4.78 is 29.7. The number of ether oxygens (including phenoxy) is 1. The van der Waals surface area contributed by atoms with E-state index in [0.29, 0.717) is 27.8 Å². The van der Waals surface area contributed by atoms with E-state index in [-0.39, 0.29) is 16.4 Å². The summed E-state index contributed by atoms with van der Waals surface area (Å²) in [4.78, 5) is -0.0444. The summed E-state index contributed by atoms with van der Waals surface area (Å²) in [5.41, 5.74) is 2.45. The predicted octanol–water partition coefficient (Wildman–Crippen LogP) is 5.39. The van der Waals surface area contributed by atoms with Crippen molar-refractivity contribution >= 4 is 31.6 Å². The van der Waals surface area contributed by atoms with Gasteiger partial charge in [0.2, 0.25) is 10.0 Å². The van der Waals surface area contributed by atoms with Crippen LogP contribution in [-0.4, -0.2) is 25.7 Å². The highest BCUT2D eigenvalue weighted by molar-refractivity contribution is 7.89. The number of hydrogen-bond donors (Lipinski definition) is 3. The summed E-state index contributed by atoms with van der Waals surface area (Å²) >= 11 is 0. The number of fused-ring (bicyclic) bond motifs is 2. The van der Waals surface area contributed by atoms with Gasteiger partial charge in [-0.1, -0.05) is 48.5 Å². The molecule has 0 heterocycles. The molecule has 0 atom stereocenters. The zero-order chi connectivity index (χ0) is 24.0. The molecular formula is C27H21NO5S. The van der Waals surface area contributed by atoms with Crippen LogP contribution in [0.3, 0.4) is 0 Å². The van der Waals surface area contributed by atoms with E-state index in [9.17, 15) is 18.6 Å². The summed E-state index contributed by atoms with van der Waals surface area (Å²) in [6.07, 6.45) is 0. The maximum absolute atomic E-state index is 12.1. The molecule has 0 bridgehead atoms. The minimum atomic E-state index is -3.95. The van der Waals surface area contributed by atoms with E-state index in [1.54, 1.807) is 30.3 Å².